The predicted octanol–water partition coefficient (Wildman–Crippen LogP) is 2.52. The van der Waals surface area contributed by atoms with Crippen LogP contribution in [-0.4, -0.2) is 46.0 Å². The molecule has 2 aliphatic rings. The normalized spacial score (nSPS) is 17.1. The van der Waals surface area contributed by atoms with Crippen LogP contribution < -0.4 is 0 Å². The Bertz CT molecular complexity index is 954. The highest BCUT2D eigenvalue weighted by Crippen LogP contribution is 2.25. The summed E-state index contributed by atoms with van der Waals surface area (Å²) in [6, 6.07) is 12.9. The molecular weight excluding hydrogens is 344 g/mol. The minimum absolute atomic E-state index is 0.0832. The van der Waals surface area contributed by atoms with E-state index < -0.39 is 6.04 Å². The van der Waals surface area contributed by atoms with E-state index in [-0.39, 0.29) is 30.2 Å². The summed E-state index contributed by atoms with van der Waals surface area (Å²) in [6.45, 7) is 1.81. The van der Waals surface area contributed by atoms with Crippen LogP contribution >= 0.6 is 0 Å². The van der Waals surface area contributed by atoms with E-state index in [1.165, 1.54) is 4.90 Å². The number of amides is 4. The highest BCUT2D eigenvalue weighted by atomic mass is 16.2. The van der Waals surface area contributed by atoms with Gasteiger partial charge in [0, 0.05) is 6.54 Å². The predicted molar refractivity (Wildman–Crippen MR) is 97.4 cm³/mol. The van der Waals surface area contributed by atoms with Crippen molar-refractivity contribution >= 4 is 23.6 Å². The van der Waals surface area contributed by atoms with Gasteiger partial charge in [0.1, 0.15) is 0 Å². The molecule has 0 aliphatic carbocycles. The molecular formula is C21H16N2O4. The maximum atomic E-state index is 12.5. The van der Waals surface area contributed by atoms with E-state index in [9.17, 15) is 19.2 Å². The fourth-order valence-corrected chi connectivity index (χ4v) is 3.43. The molecule has 134 valence electrons. The van der Waals surface area contributed by atoms with Crippen LogP contribution in [0.2, 0.25) is 0 Å². The Kier molecular flexibility index (Phi) is 3.96. The lowest BCUT2D eigenvalue weighted by molar-refractivity contribution is 0.0616. The van der Waals surface area contributed by atoms with E-state index in [2.05, 4.69) is 0 Å². The molecule has 6 heteroatoms. The molecule has 0 saturated heterocycles. The third-order valence-corrected chi connectivity index (χ3v) is 4.81. The van der Waals surface area contributed by atoms with Gasteiger partial charge in [-0.3, -0.25) is 29.0 Å². The average molecular weight is 360 g/mol. The molecule has 2 aromatic carbocycles. The zero-order valence-electron chi connectivity index (χ0n) is 14.6. The smallest absolute Gasteiger partial charge is 0.262 e. The van der Waals surface area contributed by atoms with Gasteiger partial charge in [-0.1, -0.05) is 36.4 Å². The number of imide groups is 2. The van der Waals surface area contributed by atoms with Crippen LogP contribution in [-0.2, 0) is 0 Å². The van der Waals surface area contributed by atoms with Crippen LogP contribution in [0, 0.1) is 0 Å². The number of carbonyl (C=O) groups is 4. The van der Waals surface area contributed by atoms with Gasteiger partial charge < -0.3 is 0 Å². The quantitative estimate of drug-likeness (QED) is 0.620. The van der Waals surface area contributed by atoms with Crippen LogP contribution in [0.15, 0.2) is 60.7 Å². The first-order valence-corrected chi connectivity index (χ1v) is 8.59. The molecule has 4 rings (SSSR count). The van der Waals surface area contributed by atoms with Crippen molar-refractivity contribution in [3.05, 3.63) is 82.9 Å². The number of rotatable bonds is 4. The van der Waals surface area contributed by atoms with Gasteiger partial charge in [0.15, 0.2) is 0 Å². The fourth-order valence-electron chi connectivity index (χ4n) is 3.43. The molecule has 4 amide bonds. The van der Waals surface area contributed by atoms with E-state index in [1.54, 1.807) is 67.6 Å². The standard InChI is InChI=1S/C21H16N2O4/c1-13(23-20(26)16-10-4-5-11-17(16)21(23)27)7-6-12-22-18(24)14-8-2-3-9-15(14)19(22)25/h2-11,13H,12H2,1H3/b7-6+. The minimum Gasteiger partial charge on any atom is -0.270 e. The van der Waals surface area contributed by atoms with E-state index in [0.717, 1.165) is 4.90 Å². The lowest BCUT2D eigenvalue weighted by Gasteiger charge is -2.19. The van der Waals surface area contributed by atoms with Gasteiger partial charge in [0.2, 0.25) is 0 Å². The zero-order valence-corrected chi connectivity index (χ0v) is 14.6. The summed E-state index contributed by atoms with van der Waals surface area (Å²) in [6.07, 6.45) is 3.29. The van der Waals surface area contributed by atoms with Gasteiger partial charge in [0.05, 0.1) is 28.3 Å². The molecule has 2 aromatic rings. The number of nitrogens with zero attached hydrogens (tertiary/aromatic N) is 2. The highest BCUT2D eigenvalue weighted by molar-refractivity contribution is 6.22. The van der Waals surface area contributed by atoms with Gasteiger partial charge in [-0.2, -0.15) is 0 Å². The topological polar surface area (TPSA) is 74.8 Å². The first-order valence-electron chi connectivity index (χ1n) is 8.59. The molecule has 0 spiro atoms. The number of benzene rings is 2. The van der Waals surface area contributed by atoms with Crippen molar-refractivity contribution < 1.29 is 19.2 Å². The molecule has 0 fully saturated rings. The minimum atomic E-state index is -0.493. The lowest BCUT2D eigenvalue weighted by atomic mass is 10.1. The Morgan fingerprint density at radius 3 is 1.59 bits per heavy atom. The molecule has 1 atom stereocenters. The summed E-state index contributed by atoms with van der Waals surface area (Å²) >= 11 is 0. The van der Waals surface area contributed by atoms with Gasteiger partial charge in [-0.25, -0.2) is 0 Å². The summed E-state index contributed by atoms with van der Waals surface area (Å²) in [5, 5.41) is 0. The molecule has 0 saturated carbocycles. The van der Waals surface area contributed by atoms with E-state index in [1.807, 2.05) is 0 Å². The monoisotopic (exact) mass is 360 g/mol. The Morgan fingerprint density at radius 1 is 0.741 bits per heavy atom. The molecule has 0 radical (unpaired) electrons. The molecule has 1 unspecified atom stereocenters. The average Bonchev–Trinajstić information content (AvgIpc) is 3.08. The fraction of sp³-hybridized carbons (Fsp3) is 0.143. The Hall–Kier alpha value is -3.54. The van der Waals surface area contributed by atoms with Crippen molar-refractivity contribution in [1.29, 1.82) is 0 Å². The van der Waals surface area contributed by atoms with Crippen LogP contribution in [0.1, 0.15) is 48.4 Å². The molecule has 2 aliphatic heterocycles. The summed E-state index contributed by atoms with van der Waals surface area (Å²) in [4.78, 5) is 52.0. The molecule has 27 heavy (non-hydrogen) atoms. The Morgan fingerprint density at radius 2 is 1.15 bits per heavy atom. The van der Waals surface area contributed by atoms with Crippen LogP contribution in [0.4, 0.5) is 0 Å². The van der Waals surface area contributed by atoms with Crippen LogP contribution in [0.25, 0.3) is 0 Å². The second-order valence-electron chi connectivity index (χ2n) is 6.46. The van der Waals surface area contributed by atoms with Gasteiger partial charge >= 0.3 is 0 Å². The summed E-state index contributed by atoms with van der Waals surface area (Å²) in [5.41, 5.74) is 1.57. The first-order chi connectivity index (χ1) is 13.0. The first kappa shape index (κ1) is 16.9. The largest absolute Gasteiger partial charge is 0.270 e. The van der Waals surface area contributed by atoms with Gasteiger partial charge in [0.25, 0.3) is 23.6 Å². The molecule has 0 bridgehead atoms. The lowest BCUT2D eigenvalue weighted by Crippen LogP contribution is -2.37. The SMILES string of the molecule is CC(/C=C/CN1C(=O)c2ccccc2C1=O)N1C(=O)c2ccccc2C1=O. The van der Waals surface area contributed by atoms with Crippen molar-refractivity contribution in [3.8, 4) is 0 Å². The van der Waals surface area contributed by atoms with Gasteiger partial charge in [-0.05, 0) is 31.2 Å². The maximum absolute atomic E-state index is 12.5. The zero-order chi connectivity index (χ0) is 19.1. The van der Waals surface area contributed by atoms with Crippen molar-refractivity contribution in [2.45, 2.75) is 13.0 Å². The molecule has 6 nitrogen and oxygen atoms in total. The molecule has 2 heterocycles. The van der Waals surface area contributed by atoms with Crippen molar-refractivity contribution in [3.63, 3.8) is 0 Å². The van der Waals surface area contributed by atoms with Gasteiger partial charge in [-0.15, -0.1) is 0 Å². The van der Waals surface area contributed by atoms with Crippen molar-refractivity contribution in [2.75, 3.05) is 6.54 Å². The van der Waals surface area contributed by atoms with E-state index >= 15 is 0 Å². The van der Waals surface area contributed by atoms with E-state index in [4.69, 9.17) is 0 Å². The summed E-state index contributed by atoms with van der Waals surface area (Å²) in [7, 11) is 0. The van der Waals surface area contributed by atoms with Crippen molar-refractivity contribution in [1.82, 2.24) is 9.80 Å². The van der Waals surface area contributed by atoms with Crippen LogP contribution in [0.5, 0.6) is 0 Å². The second kappa shape index (κ2) is 6.32. The number of fused-ring (bicyclic) bond motifs is 2. The number of carbonyl (C=O) groups excluding carboxylic acids is 4. The highest BCUT2D eigenvalue weighted by Gasteiger charge is 2.37. The summed E-state index contributed by atoms with van der Waals surface area (Å²) < 4.78 is 0. The Balaban J connectivity index is 1.47. The summed E-state index contributed by atoms with van der Waals surface area (Å²) in [5.74, 6) is -1.36. The number of hydrogen-bond acceptors (Lipinski definition) is 4. The Labute approximate surface area is 155 Å². The third kappa shape index (κ3) is 2.57. The van der Waals surface area contributed by atoms with E-state index in [0.29, 0.717) is 22.3 Å². The number of hydrogen-bond donors (Lipinski definition) is 0. The maximum Gasteiger partial charge on any atom is 0.262 e. The molecule has 0 aromatic heterocycles. The van der Waals surface area contributed by atoms with Crippen LogP contribution in [0.3, 0.4) is 0 Å². The molecule has 0 N–H and O–H groups in total. The third-order valence-electron chi connectivity index (χ3n) is 4.81. The second-order valence-corrected chi connectivity index (χ2v) is 6.46. The van der Waals surface area contributed by atoms with Crippen molar-refractivity contribution in [2.24, 2.45) is 0 Å².